The summed E-state index contributed by atoms with van der Waals surface area (Å²) in [5, 5.41) is 8.50. The molecule has 2 heterocycles. The number of ether oxygens (including phenoxy) is 1. The molecule has 2 aromatic rings. The van der Waals surface area contributed by atoms with Crippen LogP contribution in [0.1, 0.15) is 18.3 Å². The van der Waals surface area contributed by atoms with Gasteiger partial charge >= 0.3 is 0 Å². The number of aromatic nitrogens is 3. The highest BCUT2D eigenvalue weighted by atomic mass is 16.5. The molecule has 0 radical (unpaired) electrons. The topological polar surface area (TPSA) is 60.3 Å². The van der Waals surface area contributed by atoms with E-state index < -0.39 is 0 Å². The molecule has 1 aromatic carbocycles. The Morgan fingerprint density at radius 1 is 1.33 bits per heavy atom. The van der Waals surface area contributed by atoms with E-state index in [9.17, 15) is 4.79 Å². The molecule has 21 heavy (non-hydrogen) atoms. The van der Waals surface area contributed by atoms with Gasteiger partial charge in [-0.15, -0.1) is 10.2 Å². The highest BCUT2D eigenvalue weighted by molar-refractivity contribution is 5.81. The second-order valence-electron chi connectivity index (χ2n) is 5.30. The Hall–Kier alpha value is -2.37. The summed E-state index contributed by atoms with van der Waals surface area (Å²) < 4.78 is 7.34. The lowest BCUT2D eigenvalue weighted by molar-refractivity contribution is -0.131. The summed E-state index contributed by atoms with van der Waals surface area (Å²) in [5.74, 6) is 2.36. The molecule has 1 unspecified atom stereocenters. The van der Waals surface area contributed by atoms with Crippen molar-refractivity contribution >= 4 is 5.91 Å². The average Bonchev–Trinajstić information content (AvgIpc) is 3.07. The zero-order chi connectivity index (χ0) is 15.0. The number of carbonyl (C=O) groups excluding carboxylic acids is 1. The third-order valence-electron chi connectivity index (χ3n) is 3.79. The fourth-order valence-corrected chi connectivity index (χ4v) is 2.76. The van der Waals surface area contributed by atoms with Crippen molar-refractivity contribution in [3.05, 3.63) is 30.1 Å². The number of methoxy groups -OCH3 is 1. The Balaban J connectivity index is 2.09. The molecule has 1 atom stereocenters. The van der Waals surface area contributed by atoms with Gasteiger partial charge in [-0.1, -0.05) is 12.1 Å². The minimum Gasteiger partial charge on any atom is -0.496 e. The van der Waals surface area contributed by atoms with Gasteiger partial charge in [0, 0.05) is 20.5 Å². The third-order valence-corrected chi connectivity index (χ3v) is 3.79. The van der Waals surface area contributed by atoms with Crippen molar-refractivity contribution in [2.45, 2.75) is 18.9 Å². The number of fused-ring (bicyclic) bond motifs is 1. The quantitative estimate of drug-likeness (QED) is 0.858. The van der Waals surface area contributed by atoms with Crippen LogP contribution in [0.4, 0.5) is 0 Å². The summed E-state index contributed by atoms with van der Waals surface area (Å²) in [7, 11) is 5.17. The number of nitrogens with zero attached hydrogens (tertiary/aromatic N) is 4. The molecule has 3 rings (SSSR count). The van der Waals surface area contributed by atoms with E-state index in [0.29, 0.717) is 5.82 Å². The van der Waals surface area contributed by atoms with Crippen LogP contribution in [-0.2, 0) is 11.2 Å². The first-order valence-electron chi connectivity index (χ1n) is 6.91. The van der Waals surface area contributed by atoms with Crippen molar-refractivity contribution in [3.63, 3.8) is 0 Å². The van der Waals surface area contributed by atoms with Gasteiger partial charge in [0.25, 0.3) is 0 Å². The molecule has 1 aliphatic heterocycles. The van der Waals surface area contributed by atoms with E-state index in [1.807, 2.05) is 28.8 Å². The van der Waals surface area contributed by atoms with Crippen molar-refractivity contribution in [2.24, 2.45) is 0 Å². The SMILES string of the molecule is COc1ccccc1-c1nnc2n1C(C(=O)N(C)C)CC2. The van der Waals surface area contributed by atoms with Crippen molar-refractivity contribution in [1.29, 1.82) is 0 Å². The predicted octanol–water partition coefficient (Wildman–Crippen LogP) is 1.53. The maximum atomic E-state index is 12.4. The van der Waals surface area contributed by atoms with Gasteiger partial charge in [-0.25, -0.2) is 0 Å². The van der Waals surface area contributed by atoms with Crippen LogP contribution in [0.2, 0.25) is 0 Å². The molecule has 0 N–H and O–H groups in total. The number of benzene rings is 1. The molecular weight excluding hydrogens is 268 g/mol. The molecule has 0 saturated heterocycles. The van der Waals surface area contributed by atoms with Gasteiger partial charge in [-0.05, 0) is 18.6 Å². The van der Waals surface area contributed by atoms with E-state index in [1.165, 1.54) is 0 Å². The van der Waals surface area contributed by atoms with Crippen molar-refractivity contribution in [1.82, 2.24) is 19.7 Å². The summed E-state index contributed by atoms with van der Waals surface area (Å²) in [6.07, 6.45) is 1.54. The van der Waals surface area contributed by atoms with Gasteiger partial charge in [-0.3, -0.25) is 9.36 Å². The zero-order valence-electron chi connectivity index (χ0n) is 12.4. The summed E-state index contributed by atoms with van der Waals surface area (Å²) in [5.41, 5.74) is 0.859. The number of likely N-dealkylation sites (N-methyl/N-ethyl adjacent to an activating group) is 1. The maximum absolute atomic E-state index is 12.4. The first kappa shape index (κ1) is 13.6. The highest BCUT2D eigenvalue weighted by Crippen LogP contribution is 2.35. The molecule has 1 aliphatic rings. The summed E-state index contributed by atoms with van der Waals surface area (Å²) in [6, 6.07) is 7.42. The Bertz CT molecular complexity index is 678. The summed E-state index contributed by atoms with van der Waals surface area (Å²) in [6.45, 7) is 0. The van der Waals surface area contributed by atoms with E-state index in [0.717, 1.165) is 30.0 Å². The molecule has 0 spiro atoms. The molecule has 110 valence electrons. The van der Waals surface area contributed by atoms with Gasteiger partial charge in [-0.2, -0.15) is 0 Å². The van der Waals surface area contributed by atoms with Gasteiger partial charge < -0.3 is 9.64 Å². The van der Waals surface area contributed by atoms with E-state index in [1.54, 1.807) is 26.1 Å². The van der Waals surface area contributed by atoms with Crippen molar-refractivity contribution < 1.29 is 9.53 Å². The molecule has 1 aromatic heterocycles. The average molecular weight is 286 g/mol. The van der Waals surface area contributed by atoms with Crippen LogP contribution in [0.25, 0.3) is 11.4 Å². The number of amides is 1. The van der Waals surface area contributed by atoms with E-state index >= 15 is 0 Å². The second-order valence-corrected chi connectivity index (χ2v) is 5.30. The number of aryl methyl sites for hydroxylation is 1. The fourth-order valence-electron chi connectivity index (χ4n) is 2.76. The van der Waals surface area contributed by atoms with Crippen LogP contribution in [0.3, 0.4) is 0 Å². The molecule has 0 bridgehead atoms. The summed E-state index contributed by atoms with van der Waals surface area (Å²) >= 11 is 0. The monoisotopic (exact) mass is 286 g/mol. The molecule has 6 nitrogen and oxygen atoms in total. The van der Waals surface area contributed by atoms with Crippen LogP contribution in [0.15, 0.2) is 24.3 Å². The summed E-state index contributed by atoms with van der Waals surface area (Å²) in [4.78, 5) is 14.0. The maximum Gasteiger partial charge on any atom is 0.245 e. The van der Waals surface area contributed by atoms with Gasteiger partial charge in [0.05, 0.1) is 12.7 Å². The predicted molar refractivity (Wildman–Crippen MR) is 78.1 cm³/mol. The highest BCUT2D eigenvalue weighted by Gasteiger charge is 2.34. The van der Waals surface area contributed by atoms with Gasteiger partial charge in [0.2, 0.25) is 5.91 Å². The molecule has 6 heteroatoms. The molecule has 0 aliphatic carbocycles. The van der Waals surface area contributed by atoms with Crippen LogP contribution >= 0.6 is 0 Å². The van der Waals surface area contributed by atoms with Crippen LogP contribution in [0, 0.1) is 0 Å². The Labute approximate surface area is 123 Å². The van der Waals surface area contributed by atoms with Crippen molar-refractivity contribution in [2.75, 3.05) is 21.2 Å². The molecule has 0 fully saturated rings. The largest absolute Gasteiger partial charge is 0.496 e. The van der Waals surface area contributed by atoms with Crippen LogP contribution in [-0.4, -0.2) is 46.8 Å². The molecule has 0 saturated carbocycles. The van der Waals surface area contributed by atoms with Crippen molar-refractivity contribution in [3.8, 4) is 17.1 Å². The zero-order valence-corrected chi connectivity index (χ0v) is 12.4. The van der Waals surface area contributed by atoms with Gasteiger partial charge in [0.15, 0.2) is 5.82 Å². The van der Waals surface area contributed by atoms with E-state index in [4.69, 9.17) is 4.74 Å². The van der Waals surface area contributed by atoms with Gasteiger partial charge in [0.1, 0.15) is 17.6 Å². The number of hydrogen-bond donors (Lipinski definition) is 0. The fraction of sp³-hybridized carbons (Fsp3) is 0.400. The Kier molecular flexibility index (Phi) is 3.37. The number of rotatable bonds is 3. The van der Waals surface area contributed by atoms with Crippen LogP contribution in [0.5, 0.6) is 5.75 Å². The minimum absolute atomic E-state index is 0.0738. The standard InChI is InChI=1S/C15H18N4O2/c1-18(2)15(20)11-8-9-13-16-17-14(19(11)13)10-6-4-5-7-12(10)21-3/h4-7,11H,8-9H2,1-3H3. The molecular formula is C15H18N4O2. The normalized spacial score (nSPS) is 16.6. The first-order valence-corrected chi connectivity index (χ1v) is 6.91. The minimum atomic E-state index is -0.232. The second kappa shape index (κ2) is 5.20. The van der Waals surface area contributed by atoms with Crippen LogP contribution < -0.4 is 4.74 Å². The molecule has 1 amide bonds. The first-order chi connectivity index (χ1) is 10.1. The third kappa shape index (κ3) is 2.16. The lowest BCUT2D eigenvalue weighted by Gasteiger charge is -2.19. The Morgan fingerprint density at radius 2 is 2.10 bits per heavy atom. The number of para-hydroxylation sites is 1. The van der Waals surface area contributed by atoms with E-state index in [2.05, 4.69) is 10.2 Å². The Morgan fingerprint density at radius 3 is 2.81 bits per heavy atom. The van der Waals surface area contributed by atoms with E-state index in [-0.39, 0.29) is 11.9 Å². The number of hydrogen-bond acceptors (Lipinski definition) is 4. The smallest absolute Gasteiger partial charge is 0.245 e. The number of carbonyl (C=O) groups is 1. The lowest BCUT2D eigenvalue weighted by atomic mass is 10.1. The lowest BCUT2D eigenvalue weighted by Crippen LogP contribution is -2.30.